The highest BCUT2D eigenvalue weighted by Gasteiger charge is 2.21. The van der Waals surface area contributed by atoms with E-state index in [1.54, 1.807) is 4.68 Å². The molecule has 20 heavy (non-hydrogen) atoms. The van der Waals surface area contributed by atoms with Crippen molar-refractivity contribution in [1.29, 1.82) is 0 Å². The molecule has 1 aromatic carbocycles. The molecule has 0 spiro atoms. The third-order valence-corrected chi connectivity index (χ3v) is 3.45. The number of carbonyl (C=O) groups excluding carboxylic acids is 1. The van der Waals surface area contributed by atoms with Crippen molar-refractivity contribution in [2.45, 2.75) is 13.8 Å². The van der Waals surface area contributed by atoms with Gasteiger partial charge in [0.1, 0.15) is 0 Å². The van der Waals surface area contributed by atoms with Gasteiger partial charge in [0.05, 0.1) is 5.39 Å². The molecule has 3 aromatic rings. The maximum absolute atomic E-state index is 12.3. The van der Waals surface area contributed by atoms with E-state index in [0.717, 1.165) is 22.3 Å². The molecule has 0 radical (unpaired) electrons. The van der Waals surface area contributed by atoms with Gasteiger partial charge in [-0.25, -0.2) is 0 Å². The fraction of sp³-hybridized carbons (Fsp3) is 0.200. The van der Waals surface area contributed by atoms with E-state index < -0.39 is 0 Å². The summed E-state index contributed by atoms with van der Waals surface area (Å²) in [6.07, 6.45) is 0. The lowest BCUT2D eigenvalue weighted by Crippen LogP contribution is -2.12. The molecule has 102 valence electrons. The number of furan rings is 1. The number of aryl methyl sites for hydroxylation is 3. The highest BCUT2D eigenvalue weighted by atomic mass is 16.4. The molecule has 5 nitrogen and oxygen atoms in total. The molecule has 0 atom stereocenters. The minimum Gasteiger partial charge on any atom is -0.431 e. The number of aromatic nitrogens is 2. The van der Waals surface area contributed by atoms with Gasteiger partial charge in [0, 0.05) is 24.0 Å². The molecule has 0 aliphatic heterocycles. The SMILES string of the molecule is Cc1c(C(=O)Nc2ccccc2)oc2nn(C)c(C)c12. The second kappa shape index (κ2) is 4.52. The number of para-hydroxylation sites is 1. The average molecular weight is 269 g/mol. The minimum absolute atomic E-state index is 0.256. The van der Waals surface area contributed by atoms with E-state index in [2.05, 4.69) is 10.4 Å². The normalized spacial score (nSPS) is 10.9. The van der Waals surface area contributed by atoms with Crippen LogP contribution in [0, 0.1) is 13.8 Å². The van der Waals surface area contributed by atoms with Gasteiger partial charge in [-0.3, -0.25) is 9.48 Å². The maximum Gasteiger partial charge on any atom is 0.291 e. The zero-order chi connectivity index (χ0) is 14.3. The third-order valence-electron chi connectivity index (χ3n) is 3.45. The number of benzene rings is 1. The number of nitrogens with one attached hydrogen (secondary N) is 1. The summed E-state index contributed by atoms with van der Waals surface area (Å²) in [5.41, 5.74) is 3.04. The Kier molecular flexibility index (Phi) is 2.82. The van der Waals surface area contributed by atoms with Crippen LogP contribution in [0.4, 0.5) is 5.69 Å². The van der Waals surface area contributed by atoms with Crippen LogP contribution in [-0.2, 0) is 7.05 Å². The van der Waals surface area contributed by atoms with E-state index in [4.69, 9.17) is 4.42 Å². The lowest BCUT2D eigenvalue weighted by atomic mass is 10.1. The van der Waals surface area contributed by atoms with E-state index in [1.807, 2.05) is 51.2 Å². The van der Waals surface area contributed by atoms with Crippen LogP contribution < -0.4 is 5.32 Å². The molecule has 2 heterocycles. The fourth-order valence-electron chi connectivity index (χ4n) is 2.29. The number of hydrogen-bond acceptors (Lipinski definition) is 3. The molecule has 0 unspecified atom stereocenters. The van der Waals surface area contributed by atoms with Crippen molar-refractivity contribution in [3.8, 4) is 0 Å². The number of carbonyl (C=O) groups is 1. The minimum atomic E-state index is -0.256. The van der Waals surface area contributed by atoms with Crippen molar-refractivity contribution in [1.82, 2.24) is 9.78 Å². The summed E-state index contributed by atoms with van der Waals surface area (Å²) in [5.74, 6) is 0.0591. The molecule has 0 saturated heterocycles. The Labute approximate surface area is 116 Å². The van der Waals surface area contributed by atoms with E-state index in [-0.39, 0.29) is 5.91 Å². The molecular weight excluding hydrogens is 254 g/mol. The quantitative estimate of drug-likeness (QED) is 0.777. The molecule has 1 amide bonds. The lowest BCUT2D eigenvalue weighted by Gasteiger charge is -2.03. The maximum atomic E-state index is 12.3. The Morgan fingerprint density at radius 2 is 1.95 bits per heavy atom. The number of rotatable bonds is 2. The van der Waals surface area contributed by atoms with Gasteiger partial charge in [-0.05, 0) is 26.0 Å². The van der Waals surface area contributed by atoms with E-state index in [9.17, 15) is 4.79 Å². The first-order valence-corrected chi connectivity index (χ1v) is 6.37. The van der Waals surface area contributed by atoms with Crippen LogP contribution in [0.3, 0.4) is 0 Å². The van der Waals surface area contributed by atoms with Gasteiger partial charge in [-0.15, -0.1) is 5.10 Å². The summed E-state index contributed by atoms with van der Waals surface area (Å²) in [6.45, 7) is 3.83. The molecule has 3 rings (SSSR count). The van der Waals surface area contributed by atoms with Crippen molar-refractivity contribution in [3.63, 3.8) is 0 Å². The third kappa shape index (κ3) is 1.87. The first-order chi connectivity index (χ1) is 9.58. The Hall–Kier alpha value is -2.56. The molecule has 2 aromatic heterocycles. The molecule has 0 aliphatic carbocycles. The summed E-state index contributed by atoms with van der Waals surface area (Å²) in [4.78, 5) is 12.3. The van der Waals surface area contributed by atoms with Gasteiger partial charge in [0.15, 0.2) is 5.76 Å². The second-order valence-electron chi connectivity index (χ2n) is 4.77. The predicted octanol–water partition coefficient (Wildman–Crippen LogP) is 3.04. The molecular formula is C15H15N3O2. The number of anilines is 1. The van der Waals surface area contributed by atoms with Crippen LogP contribution in [0.1, 0.15) is 21.8 Å². The molecule has 5 heteroatoms. The largest absolute Gasteiger partial charge is 0.431 e. The van der Waals surface area contributed by atoms with Crippen molar-refractivity contribution in [3.05, 3.63) is 47.3 Å². The lowest BCUT2D eigenvalue weighted by molar-refractivity contribution is 0.0997. The Bertz CT molecular complexity index is 784. The molecule has 1 N–H and O–H groups in total. The van der Waals surface area contributed by atoms with Crippen LogP contribution in [0.2, 0.25) is 0 Å². The summed E-state index contributed by atoms with van der Waals surface area (Å²) < 4.78 is 7.34. The van der Waals surface area contributed by atoms with Crippen molar-refractivity contribution >= 4 is 22.7 Å². The van der Waals surface area contributed by atoms with Gasteiger partial charge in [-0.1, -0.05) is 18.2 Å². The molecule has 0 saturated carbocycles. The van der Waals surface area contributed by atoms with Gasteiger partial charge < -0.3 is 9.73 Å². The van der Waals surface area contributed by atoms with Crippen LogP contribution in [-0.4, -0.2) is 15.7 Å². The van der Waals surface area contributed by atoms with E-state index in [1.165, 1.54) is 0 Å². The van der Waals surface area contributed by atoms with Gasteiger partial charge >= 0.3 is 0 Å². The summed E-state index contributed by atoms with van der Waals surface area (Å²) in [5, 5.41) is 7.98. The Morgan fingerprint density at radius 1 is 1.25 bits per heavy atom. The standard InChI is InChI=1S/C15H15N3O2/c1-9-12-10(2)18(3)17-15(12)20-13(9)14(19)16-11-7-5-4-6-8-11/h4-8H,1-3H3,(H,16,19). The Balaban J connectivity index is 1.98. The number of nitrogens with zero attached hydrogens (tertiary/aromatic N) is 2. The second-order valence-corrected chi connectivity index (χ2v) is 4.77. The van der Waals surface area contributed by atoms with Crippen LogP contribution >= 0.6 is 0 Å². The zero-order valence-corrected chi connectivity index (χ0v) is 11.6. The van der Waals surface area contributed by atoms with Gasteiger partial charge in [0.2, 0.25) is 5.71 Å². The zero-order valence-electron chi connectivity index (χ0n) is 11.6. The average Bonchev–Trinajstić information content (AvgIpc) is 2.89. The monoisotopic (exact) mass is 269 g/mol. The van der Waals surface area contributed by atoms with Gasteiger partial charge in [0.25, 0.3) is 5.91 Å². The highest BCUT2D eigenvalue weighted by Crippen LogP contribution is 2.27. The number of hydrogen-bond donors (Lipinski definition) is 1. The van der Waals surface area contributed by atoms with Crippen molar-refractivity contribution < 1.29 is 9.21 Å². The topological polar surface area (TPSA) is 60.1 Å². The van der Waals surface area contributed by atoms with E-state index >= 15 is 0 Å². The highest BCUT2D eigenvalue weighted by molar-refractivity contribution is 6.06. The van der Waals surface area contributed by atoms with Crippen molar-refractivity contribution in [2.75, 3.05) is 5.32 Å². The summed E-state index contributed by atoms with van der Waals surface area (Å²) in [7, 11) is 1.86. The summed E-state index contributed by atoms with van der Waals surface area (Å²) in [6, 6.07) is 9.30. The molecule has 0 fully saturated rings. The number of fused-ring (bicyclic) bond motifs is 1. The number of amides is 1. The van der Waals surface area contributed by atoms with Gasteiger partial charge in [-0.2, -0.15) is 0 Å². The molecule has 0 bridgehead atoms. The van der Waals surface area contributed by atoms with Crippen LogP contribution in [0.15, 0.2) is 34.7 Å². The summed E-state index contributed by atoms with van der Waals surface area (Å²) >= 11 is 0. The smallest absolute Gasteiger partial charge is 0.291 e. The van der Waals surface area contributed by atoms with E-state index in [0.29, 0.717) is 11.5 Å². The first kappa shape index (κ1) is 12.5. The Morgan fingerprint density at radius 3 is 2.60 bits per heavy atom. The van der Waals surface area contributed by atoms with Crippen molar-refractivity contribution in [2.24, 2.45) is 7.05 Å². The first-order valence-electron chi connectivity index (χ1n) is 6.37. The van der Waals surface area contributed by atoms with Crippen LogP contribution in [0.5, 0.6) is 0 Å². The molecule has 0 aliphatic rings. The van der Waals surface area contributed by atoms with Crippen LogP contribution in [0.25, 0.3) is 11.1 Å². The fourth-order valence-corrected chi connectivity index (χ4v) is 2.29. The predicted molar refractivity (Wildman–Crippen MR) is 76.8 cm³/mol.